The van der Waals surface area contributed by atoms with Crippen molar-refractivity contribution in [3.63, 3.8) is 0 Å². The van der Waals surface area contributed by atoms with Crippen molar-refractivity contribution in [1.29, 1.82) is 0 Å². The number of aromatic nitrogens is 3. The molecule has 0 aromatic carbocycles. The Balaban J connectivity index is 1.73. The molecule has 1 fully saturated rings. The Morgan fingerprint density at radius 3 is 3.00 bits per heavy atom. The Morgan fingerprint density at radius 1 is 1.53 bits per heavy atom. The molecule has 4 nitrogen and oxygen atoms in total. The maximum atomic E-state index is 4.14. The predicted molar refractivity (Wildman–Crippen MR) is 59.3 cm³/mol. The second-order valence-corrected chi connectivity index (χ2v) is 4.90. The molecule has 2 rings (SSSR count). The van der Waals surface area contributed by atoms with Crippen LogP contribution in [-0.2, 0) is 13.1 Å². The van der Waals surface area contributed by atoms with Crippen LogP contribution in [0.1, 0.15) is 32.4 Å². The van der Waals surface area contributed by atoms with E-state index in [4.69, 9.17) is 0 Å². The maximum Gasteiger partial charge on any atom is 0.0964 e. The van der Waals surface area contributed by atoms with Crippen LogP contribution in [0.2, 0.25) is 0 Å². The van der Waals surface area contributed by atoms with Gasteiger partial charge >= 0.3 is 0 Å². The summed E-state index contributed by atoms with van der Waals surface area (Å²) in [5, 5.41) is 11.6. The maximum absolute atomic E-state index is 4.14. The van der Waals surface area contributed by atoms with E-state index in [2.05, 4.69) is 29.5 Å². The van der Waals surface area contributed by atoms with Crippen molar-refractivity contribution < 1.29 is 0 Å². The molecule has 0 amide bonds. The van der Waals surface area contributed by atoms with E-state index in [-0.39, 0.29) is 0 Å². The summed E-state index contributed by atoms with van der Waals surface area (Å²) in [5.74, 6) is 1.55. The minimum Gasteiger partial charge on any atom is -0.311 e. The van der Waals surface area contributed by atoms with Crippen molar-refractivity contribution in [2.24, 2.45) is 11.8 Å². The summed E-state index contributed by atoms with van der Waals surface area (Å²) in [6.07, 6.45) is 4.83. The normalized spacial score (nSPS) is 16.2. The Kier molecular flexibility index (Phi) is 3.36. The fourth-order valence-corrected chi connectivity index (χ4v) is 1.61. The summed E-state index contributed by atoms with van der Waals surface area (Å²) in [4.78, 5) is 0. The summed E-state index contributed by atoms with van der Waals surface area (Å²) >= 11 is 0. The molecule has 84 valence electrons. The van der Waals surface area contributed by atoms with Crippen LogP contribution in [0.4, 0.5) is 0 Å². The topological polar surface area (TPSA) is 42.7 Å². The summed E-state index contributed by atoms with van der Waals surface area (Å²) in [5.41, 5.74) is 1.05. The Labute approximate surface area is 91.1 Å². The second-order valence-electron chi connectivity index (χ2n) is 4.90. The van der Waals surface area contributed by atoms with Gasteiger partial charge in [-0.15, -0.1) is 5.10 Å². The van der Waals surface area contributed by atoms with Crippen molar-refractivity contribution in [2.45, 2.75) is 39.8 Å². The lowest BCUT2D eigenvalue weighted by molar-refractivity contribution is 0.472. The van der Waals surface area contributed by atoms with Crippen LogP contribution in [0.5, 0.6) is 0 Å². The molecule has 1 aliphatic rings. The SMILES string of the molecule is CC(C)Cn1cc(CNCC2CC2)nn1. The van der Waals surface area contributed by atoms with E-state index in [1.54, 1.807) is 0 Å². The number of nitrogens with one attached hydrogen (secondary N) is 1. The molecule has 0 saturated heterocycles. The highest BCUT2D eigenvalue weighted by atomic mass is 15.4. The van der Waals surface area contributed by atoms with E-state index in [0.29, 0.717) is 5.92 Å². The number of nitrogens with zero attached hydrogens (tertiary/aromatic N) is 3. The van der Waals surface area contributed by atoms with Crippen LogP contribution >= 0.6 is 0 Å². The molecule has 15 heavy (non-hydrogen) atoms. The van der Waals surface area contributed by atoms with Crippen LogP contribution in [0.25, 0.3) is 0 Å². The van der Waals surface area contributed by atoms with Crippen LogP contribution < -0.4 is 5.32 Å². The zero-order valence-corrected chi connectivity index (χ0v) is 9.61. The zero-order valence-electron chi connectivity index (χ0n) is 9.61. The van der Waals surface area contributed by atoms with E-state index in [9.17, 15) is 0 Å². The summed E-state index contributed by atoms with van der Waals surface area (Å²) in [7, 11) is 0. The molecule has 0 bridgehead atoms. The van der Waals surface area contributed by atoms with Gasteiger partial charge in [0, 0.05) is 19.3 Å². The fourth-order valence-electron chi connectivity index (χ4n) is 1.61. The number of hydrogen-bond donors (Lipinski definition) is 1. The van der Waals surface area contributed by atoms with Gasteiger partial charge in [0.05, 0.1) is 5.69 Å². The van der Waals surface area contributed by atoms with Gasteiger partial charge in [0.25, 0.3) is 0 Å². The highest BCUT2D eigenvalue weighted by Gasteiger charge is 2.20. The monoisotopic (exact) mass is 208 g/mol. The van der Waals surface area contributed by atoms with Crippen LogP contribution in [-0.4, -0.2) is 21.5 Å². The van der Waals surface area contributed by atoms with E-state index >= 15 is 0 Å². The smallest absolute Gasteiger partial charge is 0.0964 e. The van der Waals surface area contributed by atoms with Crippen LogP contribution in [0.3, 0.4) is 0 Å². The molecule has 4 heteroatoms. The second kappa shape index (κ2) is 4.75. The highest BCUT2D eigenvalue weighted by molar-refractivity contribution is 4.92. The van der Waals surface area contributed by atoms with Gasteiger partial charge < -0.3 is 5.32 Å². The van der Waals surface area contributed by atoms with E-state index in [1.165, 1.54) is 12.8 Å². The van der Waals surface area contributed by atoms with E-state index in [0.717, 1.165) is 31.2 Å². The lowest BCUT2D eigenvalue weighted by atomic mass is 10.2. The largest absolute Gasteiger partial charge is 0.311 e. The molecule has 0 aliphatic heterocycles. The molecular formula is C11H20N4. The first-order chi connectivity index (χ1) is 7.24. The van der Waals surface area contributed by atoms with Crippen molar-refractivity contribution >= 4 is 0 Å². The summed E-state index contributed by atoms with van der Waals surface area (Å²) in [6.45, 7) is 7.32. The van der Waals surface area contributed by atoms with Gasteiger partial charge in [0.2, 0.25) is 0 Å². The molecule has 0 atom stereocenters. The minimum atomic E-state index is 0.624. The average Bonchev–Trinajstić information content (AvgIpc) is 2.88. The van der Waals surface area contributed by atoms with Gasteiger partial charge in [-0.05, 0) is 31.2 Å². The standard InChI is InChI=1S/C11H20N4/c1-9(2)7-15-8-11(13-14-15)6-12-5-10-3-4-10/h8-10,12H,3-7H2,1-2H3. The van der Waals surface area contributed by atoms with E-state index in [1.807, 2.05) is 10.9 Å². The third kappa shape index (κ3) is 3.63. The van der Waals surface area contributed by atoms with Gasteiger partial charge in [-0.2, -0.15) is 0 Å². The van der Waals surface area contributed by atoms with Gasteiger partial charge in [0.1, 0.15) is 0 Å². The number of hydrogen-bond acceptors (Lipinski definition) is 3. The van der Waals surface area contributed by atoms with Gasteiger partial charge in [-0.1, -0.05) is 19.1 Å². The van der Waals surface area contributed by atoms with Crippen molar-refractivity contribution in [3.8, 4) is 0 Å². The van der Waals surface area contributed by atoms with Crippen LogP contribution in [0, 0.1) is 11.8 Å². The summed E-state index contributed by atoms with van der Waals surface area (Å²) < 4.78 is 1.93. The third-order valence-electron chi connectivity index (χ3n) is 2.57. The number of rotatable bonds is 6. The molecule has 0 spiro atoms. The summed E-state index contributed by atoms with van der Waals surface area (Å²) in [6, 6.07) is 0. The van der Waals surface area contributed by atoms with Crippen LogP contribution in [0.15, 0.2) is 6.20 Å². The predicted octanol–water partition coefficient (Wildman–Crippen LogP) is 1.43. The molecule has 1 heterocycles. The molecule has 1 aromatic rings. The Morgan fingerprint density at radius 2 is 2.33 bits per heavy atom. The molecule has 0 radical (unpaired) electrons. The minimum absolute atomic E-state index is 0.624. The lowest BCUT2D eigenvalue weighted by Gasteiger charge is -2.02. The first-order valence-corrected chi connectivity index (χ1v) is 5.84. The van der Waals surface area contributed by atoms with Crippen molar-refractivity contribution in [3.05, 3.63) is 11.9 Å². The average molecular weight is 208 g/mol. The lowest BCUT2D eigenvalue weighted by Crippen LogP contribution is -2.16. The zero-order chi connectivity index (χ0) is 10.7. The Hall–Kier alpha value is -0.900. The van der Waals surface area contributed by atoms with Crippen molar-refractivity contribution in [1.82, 2.24) is 20.3 Å². The molecule has 0 unspecified atom stereocenters. The molecule has 1 N–H and O–H groups in total. The third-order valence-corrected chi connectivity index (χ3v) is 2.57. The van der Waals surface area contributed by atoms with Crippen molar-refractivity contribution in [2.75, 3.05) is 6.54 Å². The fraction of sp³-hybridized carbons (Fsp3) is 0.818. The quantitative estimate of drug-likeness (QED) is 0.769. The van der Waals surface area contributed by atoms with Gasteiger partial charge in [0.15, 0.2) is 0 Å². The first kappa shape index (κ1) is 10.6. The Bertz CT molecular complexity index is 301. The van der Waals surface area contributed by atoms with E-state index < -0.39 is 0 Å². The first-order valence-electron chi connectivity index (χ1n) is 5.84. The molecule has 1 saturated carbocycles. The molecular weight excluding hydrogens is 188 g/mol. The van der Waals surface area contributed by atoms with Gasteiger partial charge in [-0.25, -0.2) is 0 Å². The molecule has 1 aromatic heterocycles. The van der Waals surface area contributed by atoms with Gasteiger partial charge in [-0.3, -0.25) is 4.68 Å². The highest BCUT2D eigenvalue weighted by Crippen LogP contribution is 2.27. The molecule has 1 aliphatic carbocycles.